The summed E-state index contributed by atoms with van der Waals surface area (Å²) in [4.78, 5) is 22.2. The topological polar surface area (TPSA) is 72.2 Å². The van der Waals surface area contributed by atoms with E-state index in [9.17, 15) is 14.0 Å². The van der Waals surface area contributed by atoms with Crippen LogP contribution in [0.2, 0.25) is 0 Å². The molecular formula is C11H7FN2O3. The molecule has 0 spiro atoms. The molecule has 0 aliphatic carbocycles. The zero-order valence-corrected chi connectivity index (χ0v) is 8.50. The van der Waals surface area contributed by atoms with Crippen molar-refractivity contribution in [1.29, 1.82) is 0 Å². The minimum absolute atomic E-state index is 0.179. The van der Waals surface area contributed by atoms with Crippen molar-refractivity contribution < 1.29 is 14.3 Å². The first-order chi connectivity index (χ1) is 8.08. The van der Waals surface area contributed by atoms with Gasteiger partial charge in [-0.25, -0.2) is 9.18 Å². The second-order valence-corrected chi connectivity index (χ2v) is 3.25. The van der Waals surface area contributed by atoms with Crippen LogP contribution in [0.4, 0.5) is 4.39 Å². The zero-order valence-electron chi connectivity index (χ0n) is 8.50. The van der Waals surface area contributed by atoms with Gasteiger partial charge in [0.1, 0.15) is 5.82 Å². The van der Waals surface area contributed by atoms with Crippen molar-refractivity contribution in [3.8, 4) is 5.69 Å². The van der Waals surface area contributed by atoms with E-state index in [0.29, 0.717) is 0 Å². The molecule has 0 unspecified atom stereocenters. The van der Waals surface area contributed by atoms with E-state index >= 15 is 0 Å². The molecule has 0 fully saturated rings. The summed E-state index contributed by atoms with van der Waals surface area (Å²) in [6, 6.07) is 7.35. The minimum atomic E-state index is -1.25. The van der Waals surface area contributed by atoms with Gasteiger partial charge in [0.05, 0.1) is 5.69 Å². The van der Waals surface area contributed by atoms with Crippen molar-refractivity contribution in [2.45, 2.75) is 0 Å². The first kappa shape index (κ1) is 11.0. The van der Waals surface area contributed by atoms with Crippen LogP contribution < -0.4 is 5.56 Å². The van der Waals surface area contributed by atoms with Crippen LogP contribution in [0.3, 0.4) is 0 Å². The van der Waals surface area contributed by atoms with Gasteiger partial charge in [-0.15, -0.1) is 0 Å². The van der Waals surface area contributed by atoms with Crippen LogP contribution in [0.5, 0.6) is 0 Å². The molecule has 0 saturated heterocycles. The minimum Gasteiger partial charge on any atom is -0.476 e. The molecule has 5 nitrogen and oxygen atoms in total. The lowest BCUT2D eigenvalue weighted by atomic mass is 10.3. The Balaban J connectivity index is 2.62. The van der Waals surface area contributed by atoms with Gasteiger partial charge in [0.15, 0.2) is 5.69 Å². The molecule has 0 radical (unpaired) electrons. The third-order valence-corrected chi connectivity index (χ3v) is 2.07. The van der Waals surface area contributed by atoms with E-state index in [4.69, 9.17) is 5.11 Å². The number of carbonyl (C=O) groups is 1. The molecule has 6 heteroatoms. The predicted octanol–water partition coefficient (Wildman–Crippen LogP) is 1.07. The molecule has 2 rings (SSSR count). The number of aromatic carboxylic acids is 1. The molecule has 0 aliphatic rings. The van der Waals surface area contributed by atoms with Crippen molar-refractivity contribution in [2.75, 3.05) is 0 Å². The second-order valence-electron chi connectivity index (χ2n) is 3.25. The number of hydrogen-bond donors (Lipinski definition) is 1. The van der Waals surface area contributed by atoms with Crippen molar-refractivity contribution in [2.24, 2.45) is 0 Å². The Labute approximate surface area is 94.8 Å². The lowest BCUT2D eigenvalue weighted by molar-refractivity contribution is 0.0688. The Morgan fingerprint density at radius 3 is 2.71 bits per heavy atom. The summed E-state index contributed by atoms with van der Waals surface area (Å²) in [6.45, 7) is 0. The summed E-state index contributed by atoms with van der Waals surface area (Å²) >= 11 is 0. The molecule has 1 heterocycles. The molecule has 1 N–H and O–H groups in total. The average molecular weight is 234 g/mol. The van der Waals surface area contributed by atoms with Crippen LogP contribution >= 0.6 is 0 Å². The average Bonchev–Trinajstić information content (AvgIpc) is 2.29. The van der Waals surface area contributed by atoms with Crippen LogP contribution in [0.15, 0.2) is 41.2 Å². The maximum Gasteiger partial charge on any atom is 0.356 e. The van der Waals surface area contributed by atoms with Gasteiger partial charge in [0.25, 0.3) is 5.56 Å². The van der Waals surface area contributed by atoms with E-state index in [-0.39, 0.29) is 11.4 Å². The highest BCUT2D eigenvalue weighted by Crippen LogP contribution is 2.06. The number of rotatable bonds is 2. The van der Waals surface area contributed by atoms with Crippen LogP contribution in [0.1, 0.15) is 10.5 Å². The van der Waals surface area contributed by atoms with E-state index in [1.54, 1.807) is 0 Å². The monoisotopic (exact) mass is 234 g/mol. The van der Waals surface area contributed by atoms with Gasteiger partial charge in [0, 0.05) is 6.07 Å². The molecule has 1 aromatic carbocycles. The number of carboxylic acid groups (broad SMARTS) is 1. The third kappa shape index (κ3) is 2.20. The predicted molar refractivity (Wildman–Crippen MR) is 56.8 cm³/mol. The summed E-state index contributed by atoms with van der Waals surface area (Å²) in [5.41, 5.74) is -0.632. The summed E-state index contributed by atoms with van der Waals surface area (Å²) in [5.74, 6) is -1.79. The number of halogens is 1. The molecule has 0 aliphatic heterocycles. The van der Waals surface area contributed by atoms with Crippen molar-refractivity contribution in [1.82, 2.24) is 9.78 Å². The molecule has 2 aromatic rings. The molecule has 86 valence electrons. The number of carboxylic acids is 1. The van der Waals surface area contributed by atoms with Gasteiger partial charge in [-0.1, -0.05) is 6.07 Å². The van der Waals surface area contributed by atoms with Gasteiger partial charge >= 0.3 is 5.97 Å². The molecule has 0 bridgehead atoms. The molecule has 1 aromatic heterocycles. The lowest BCUT2D eigenvalue weighted by Crippen LogP contribution is -2.22. The summed E-state index contributed by atoms with van der Waals surface area (Å²) in [7, 11) is 0. The fraction of sp³-hybridized carbons (Fsp3) is 0. The van der Waals surface area contributed by atoms with Crippen LogP contribution in [-0.2, 0) is 0 Å². The van der Waals surface area contributed by atoms with E-state index in [0.717, 1.165) is 22.9 Å². The maximum atomic E-state index is 13.0. The largest absolute Gasteiger partial charge is 0.476 e. The first-order valence-electron chi connectivity index (χ1n) is 4.67. The standard InChI is InChI=1S/C11H7FN2O3/c12-7-2-1-3-8(6-7)14-10(15)5-4-9(13-14)11(16)17/h1-6H,(H,16,17). The van der Waals surface area contributed by atoms with E-state index in [1.807, 2.05) is 0 Å². The Bertz CT molecular complexity index is 637. The summed E-state index contributed by atoms with van der Waals surface area (Å²) in [6.07, 6.45) is 0. The Morgan fingerprint density at radius 2 is 2.06 bits per heavy atom. The van der Waals surface area contributed by atoms with E-state index in [2.05, 4.69) is 5.10 Å². The molecule has 0 amide bonds. The maximum absolute atomic E-state index is 13.0. The highest BCUT2D eigenvalue weighted by molar-refractivity contribution is 5.84. The van der Waals surface area contributed by atoms with Gasteiger partial charge in [-0.05, 0) is 24.3 Å². The van der Waals surface area contributed by atoms with Crippen molar-refractivity contribution in [3.63, 3.8) is 0 Å². The highest BCUT2D eigenvalue weighted by Gasteiger charge is 2.08. The summed E-state index contributed by atoms with van der Waals surface area (Å²) in [5, 5.41) is 12.4. The third-order valence-electron chi connectivity index (χ3n) is 2.07. The number of hydrogen-bond acceptors (Lipinski definition) is 3. The molecule has 17 heavy (non-hydrogen) atoms. The van der Waals surface area contributed by atoms with Crippen LogP contribution in [0, 0.1) is 5.82 Å². The quantitative estimate of drug-likeness (QED) is 0.843. The van der Waals surface area contributed by atoms with Gasteiger partial charge < -0.3 is 5.11 Å². The highest BCUT2D eigenvalue weighted by atomic mass is 19.1. The fourth-order valence-electron chi connectivity index (χ4n) is 1.32. The van der Waals surface area contributed by atoms with E-state index < -0.39 is 17.3 Å². The van der Waals surface area contributed by atoms with Crippen LogP contribution in [-0.4, -0.2) is 20.9 Å². The number of benzene rings is 1. The van der Waals surface area contributed by atoms with E-state index in [1.165, 1.54) is 18.2 Å². The molecule has 0 atom stereocenters. The Hall–Kier alpha value is -2.50. The second kappa shape index (κ2) is 4.17. The fourth-order valence-corrected chi connectivity index (χ4v) is 1.32. The number of aromatic nitrogens is 2. The normalized spacial score (nSPS) is 10.2. The van der Waals surface area contributed by atoms with Crippen LogP contribution in [0.25, 0.3) is 5.69 Å². The van der Waals surface area contributed by atoms with Crippen molar-refractivity contribution in [3.05, 3.63) is 58.3 Å². The zero-order chi connectivity index (χ0) is 12.4. The van der Waals surface area contributed by atoms with Gasteiger partial charge in [-0.2, -0.15) is 9.78 Å². The summed E-state index contributed by atoms with van der Waals surface area (Å²) < 4.78 is 13.8. The number of nitrogens with zero attached hydrogens (tertiary/aromatic N) is 2. The Morgan fingerprint density at radius 1 is 1.29 bits per heavy atom. The van der Waals surface area contributed by atoms with Gasteiger partial charge in [-0.3, -0.25) is 4.79 Å². The Kier molecular flexibility index (Phi) is 2.70. The SMILES string of the molecule is O=C(O)c1ccc(=O)n(-c2cccc(F)c2)n1. The lowest BCUT2D eigenvalue weighted by Gasteiger charge is -2.04. The first-order valence-corrected chi connectivity index (χ1v) is 4.67. The smallest absolute Gasteiger partial charge is 0.356 e. The molecular weight excluding hydrogens is 227 g/mol. The van der Waals surface area contributed by atoms with Crippen molar-refractivity contribution >= 4 is 5.97 Å². The van der Waals surface area contributed by atoms with Gasteiger partial charge in [0.2, 0.25) is 0 Å². The molecule has 0 saturated carbocycles.